The quantitative estimate of drug-likeness (QED) is 0.268. The van der Waals surface area contributed by atoms with Gasteiger partial charge in [0, 0.05) is 11.6 Å². The third-order valence-electron chi connectivity index (χ3n) is 13.2. The van der Waals surface area contributed by atoms with E-state index in [9.17, 15) is 20.1 Å². The molecule has 39 heavy (non-hydrogen) atoms. The highest BCUT2D eigenvalue weighted by Crippen LogP contribution is 2.72. The SMILES string of the molecule is CC[C@H]1[C@@H](O)C2C3CCC(C=N)([C@H](C)CCCc4ccc(C(=O)O)cc4)[C@@]3(C)CCC2[C@@]2(C)CC[C@@H](O)C[C@@H]12. The van der Waals surface area contributed by atoms with Crippen molar-refractivity contribution in [2.24, 2.45) is 51.8 Å². The van der Waals surface area contributed by atoms with Crippen molar-refractivity contribution >= 4 is 12.2 Å². The lowest BCUT2D eigenvalue weighted by Gasteiger charge is -2.65. The van der Waals surface area contributed by atoms with Gasteiger partial charge in [-0.05, 0) is 128 Å². The Morgan fingerprint density at radius 1 is 1.05 bits per heavy atom. The fourth-order valence-corrected chi connectivity index (χ4v) is 10.9. The van der Waals surface area contributed by atoms with E-state index in [0.29, 0.717) is 35.2 Å². The average Bonchev–Trinajstić information content (AvgIpc) is 3.23. The molecule has 0 amide bonds. The highest BCUT2D eigenvalue weighted by Gasteiger charge is 2.68. The molecule has 0 bridgehead atoms. The van der Waals surface area contributed by atoms with Crippen LogP contribution in [0.15, 0.2) is 24.3 Å². The molecular weight excluding hydrogens is 486 g/mol. The zero-order valence-electron chi connectivity index (χ0n) is 24.5. The molecule has 0 aliphatic heterocycles. The lowest BCUT2D eigenvalue weighted by molar-refractivity contribution is -0.206. The molecule has 5 heteroatoms. The van der Waals surface area contributed by atoms with E-state index in [1.807, 2.05) is 18.3 Å². The van der Waals surface area contributed by atoms with Crippen molar-refractivity contribution < 1.29 is 20.1 Å². The van der Waals surface area contributed by atoms with Crippen molar-refractivity contribution in [2.75, 3.05) is 0 Å². The molecule has 4 aliphatic rings. The summed E-state index contributed by atoms with van der Waals surface area (Å²) in [6.45, 7) is 9.53. The number of carboxylic acid groups (broad SMARTS) is 1. The topological polar surface area (TPSA) is 102 Å². The summed E-state index contributed by atoms with van der Waals surface area (Å²) in [6, 6.07) is 7.25. The van der Waals surface area contributed by atoms with Crippen LogP contribution in [0.4, 0.5) is 0 Å². The molecule has 4 fully saturated rings. The van der Waals surface area contributed by atoms with Crippen LogP contribution in [0.2, 0.25) is 0 Å². The number of rotatable bonds is 8. The molecule has 4 saturated carbocycles. The predicted molar refractivity (Wildman–Crippen MR) is 155 cm³/mol. The summed E-state index contributed by atoms with van der Waals surface area (Å²) in [5.41, 5.74) is 1.58. The van der Waals surface area contributed by atoms with Gasteiger partial charge in [0.15, 0.2) is 0 Å². The first-order valence-electron chi connectivity index (χ1n) is 15.7. The number of carboxylic acids is 1. The Morgan fingerprint density at radius 3 is 2.38 bits per heavy atom. The average molecular weight is 538 g/mol. The van der Waals surface area contributed by atoms with E-state index in [4.69, 9.17) is 5.41 Å². The van der Waals surface area contributed by atoms with Gasteiger partial charge in [0.05, 0.1) is 17.8 Å². The summed E-state index contributed by atoms with van der Waals surface area (Å²) in [5.74, 6) is 1.41. The van der Waals surface area contributed by atoms with E-state index in [0.717, 1.165) is 70.6 Å². The van der Waals surface area contributed by atoms with E-state index in [2.05, 4.69) is 27.7 Å². The van der Waals surface area contributed by atoms with Crippen LogP contribution in [0, 0.1) is 57.2 Å². The molecule has 1 aromatic rings. The molecule has 1 aromatic carbocycles. The van der Waals surface area contributed by atoms with E-state index < -0.39 is 5.97 Å². The van der Waals surface area contributed by atoms with Crippen molar-refractivity contribution in [3.05, 3.63) is 35.4 Å². The maximum Gasteiger partial charge on any atom is 0.335 e. The zero-order chi connectivity index (χ0) is 28.2. The Bertz CT molecular complexity index is 1060. The molecule has 5 rings (SSSR count). The van der Waals surface area contributed by atoms with Crippen molar-refractivity contribution in [1.29, 1.82) is 5.41 Å². The number of carbonyl (C=O) groups is 1. The first kappa shape index (κ1) is 28.8. The Kier molecular flexibility index (Phi) is 7.82. The zero-order valence-corrected chi connectivity index (χ0v) is 24.5. The van der Waals surface area contributed by atoms with Gasteiger partial charge in [-0.25, -0.2) is 4.79 Å². The number of nitrogens with one attached hydrogen (secondary N) is 1. The second-order valence-electron chi connectivity index (χ2n) is 14.4. The molecule has 0 spiro atoms. The molecule has 0 saturated heterocycles. The fraction of sp³-hybridized carbons (Fsp3) is 0.765. The van der Waals surface area contributed by atoms with Gasteiger partial charge in [-0.15, -0.1) is 0 Å². The van der Waals surface area contributed by atoms with Crippen LogP contribution in [-0.4, -0.2) is 39.7 Å². The number of fused-ring (bicyclic) bond motifs is 5. The predicted octanol–water partition coefficient (Wildman–Crippen LogP) is 6.99. The van der Waals surface area contributed by atoms with Crippen molar-refractivity contribution in [3.63, 3.8) is 0 Å². The van der Waals surface area contributed by atoms with Crippen LogP contribution in [0.3, 0.4) is 0 Å². The molecule has 4 unspecified atom stereocenters. The van der Waals surface area contributed by atoms with Crippen LogP contribution in [0.25, 0.3) is 0 Å². The van der Waals surface area contributed by atoms with Crippen LogP contribution in [0.1, 0.15) is 108 Å². The van der Waals surface area contributed by atoms with Gasteiger partial charge in [-0.3, -0.25) is 0 Å². The highest BCUT2D eigenvalue weighted by atomic mass is 16.4. The van der Waals surface area contributed by atoms with Gasteiger partial charge >= 0.3 is 5.97 Å². The number of hydrogen-bond donors (Lipinski definition) is 4. The van der Waals surface area contributed by atoms with Gasteiger partial charge in [-0.1, -0.05) is 46.2 Å². The van der Waals surface area contributed by atoms with Crippen molar-refractivity contribution in [3.8, 4) is 0 Å². The summed E-state index contributed by atoms with van der Waals surface area (Å²) < 4.78 is 0. The largest absolute Gasteiger partial charge is 0.478 e. The highest BCUT2D eigenvalue weighted by molar-refractivity contribution is 5.87. The lowest BCUT2D eigenvalue weighted by atomic mass is 9.40. The summed E-state index contributed by atoms with van der Waals surface area (Å²) >= 11 is 0. The first-order valence-corrected chi connectivity index (χ1v) is 15.7. The molecule has 0 aromatic heterocycles. The van der Waals surface area contributed by atoms with Gasteiger partial charge in [0.1, 0.15) is 0 Å². The summed E-state index contributed by atoms with van der Waals surface area (Å²) in [5, 5.41) is 40.5. The number of aryl methyl sites for hydroxylation is 1. The number of aromatic carboxylic acids is 1. The van der Waals surface area contributed by atoms with E-state index >= 15 is 0 Å². The fourth-order valence-electron chi connectivity index (χ4n) is 10.9. The molecule has 4 aliphatic carbocycles. The summed E-state index contributed by atoms with van der Waals surface area (Å²) in [7, 11) is 0. The molecule has 216 valence electrons. The normalized spacial score (nSPS) is 44.1. The number of aliphatic hydroxyl groups excluding tert-OH is 2. The third-order valence-corrected chi connectivity index (χ3v) is 13.2. The Hall–Kier alpha value is -1.72. The van der Waals surface area contributed by atoms with Crippen molar-refractivity contribution in [1.82, 2.24) is 0 Å². The summed E-state index contributed by atoms with van der Waals surface area (Å²) in [6.07, 6.45) is 12.5. The minimum atomic E-state index is -0.888. The Morgan fingerprint density at radius 2 is 1.74 bits per heavy atom. The van der Waals surface area contributed by atoms with Crippen LogP contribution >= 0.6 is 0 Å². The van der Waals surface area contributed by atoms with Gasteiger partial charge in [-0.2, -0.15) is 0 Å². The number of aliphatic hydroxyl groups is 2. The minimum absolute atomic E-state index is 0.0229. The van der Waals surface area contributed by atoms with E-state index in [-0.39, 0.29) is 34.4 Å². The second kappa shape index (κ2) is 10.6. The molecule has 11 atom stereocenters. The van der Waals surface area contributed by atoms with Crippen LogP contribution in [-0.2, 0) is 6.42 Å². The monoisotopic (exact) mass is 537 g/mol. The lowest BCUT2D eigenvalue weighted by Crippen LogP contribution is -2.63. The third kappa shape index (κ3) is 4.41. The number of hydrogen-bond acceptors (Lipinski definition) is 4. The van der Waals surface area contributed by atoms with Gasteiger partial charge in [0.25, 0.3) is 0 Å². The molecule has 0 heterocycles. The maximum atomic E-state index is 12.0. The molecule has 5 nitrogen and oxygen atoms in total. The standard InChI is InChI=1S/C34H51NO4/c1-5-25-28-19-24(36)13-16-32(28,3)26-14-17-33(4)27(29(26)30(25)37)15-18-34(33,20-35)21(2)7-6-8-22-9-11-23(12-10-22)31(38)39/h9-12,20-21,24-30,35-37H,5-8,13-19H2,1-4H3,(H,38,39)/t21-,24-,25-,26?,27?,28+,29?,30-,32-,33+,34?/m1/s1. The maximum absolute atomic E-state index is 12.0. The second-order valence-corrected chi connectivity index (χ2v) is 14.4. The van der Waals surface area contributed by atoms with E-state index in [1.54, 1.807) is 12.1 Å². The van der Waals surface area contributed by atoms with Gasteiger partial charge < -0.3 is 20.7 Å². The van der Waals surface area contributed by atoms with Gasteiger partial charge in [0.2, 0.25) is 0 Å². The molecule has 4 N–H and O–H groups in total. The van der Waals surface area contributed by atoms with Crippen molar-refractivity contribution in [2.45, 2.75) is 111 Å². The Balaban J connectivity index is 1.35. The molecule has 0 radical (unpaired) electrons. The smallest absolute Gasteiger partial charge is 0.335 e. The Labute approximate surface area is 235 Å². The summed E-state index contributed by atoms with van der Waals surface area (Å²) in [4.78, 5) is 11.2. The molecular formula is C34H51NO4. The van der Waals surface area contributed by atoms with E-state index in [1.165, 1.54) is 5.56 Å². The minimum Gasteiger partial charge on any atom is -0.478 e. The number of benzene rings is 1. The first-order chi connectivity index (χ1) is 18.5. The van der Waals surface area contributed by atoms with Crippen LogP contribution < -0.4 is 0 Å². The van der Waals surface area contributed by atoms with Crippen LogP contribution in [0.5, 0.6) is 0 Å².